The summed E-state index contributed by atoms with van der Waals surface area (Å²) in [5.74, 6) is 1.10. The van der Waals surface area contributed by atoms with E-state index in [9.17, 15) is 0 Å². The van der Waals surface area contributed by atoms with E-state index >= 15 is 0 Å². The predicted molar refractivity (Wildman–Crippen MR) is 64.6 cm³/mol. The molecule has 4 heteroatoms. The molecule has 0 fully saturated rings. The standard InChI is InChI=1S/C13H14N2O2/c14-7-10-5-6-13(15-8-10)17-12-4-2-1-3-11(12)9-16/h1-6,8,16H,7,9,14H2. The number of aliphatic hydroxyl groups excluding tert-OH is 1. The molecule has 3 N–H and O–H groups in total. The van der Waals surface area contributed by atoms with Gasteiger partial charge in [0.2, 0.25) is 5.88 Å². The molecule has 88 valence electrons. The maximum Gasteiger partial charge on any atom is 0.219 e. The smallest absolute Gasteiger partial charge is 0.219 e. The Morgan fingerprint density at radius 3 is 2.65 bits per heavy atom. The summed E-state index contributed by atoms with van der Waals surface area (Å²) in [5.41, 5.74) is 7.17. The topological polar surface area (TPSA) is 68.4 Å². The molecule has 0 bridgehead atoms. The van der Waals surface area contributed by atoms with E-state index in [1.165, 1.54) is 0 Å². The summed E-state index contributed by atoms with van der Waals surface area (Å²) < 4.78 is 5.59. The van der Waals surface area contributed by atoms with Gasteiger partial charge in [0.25, 0.3) is 0 Å². The van der Waals surface area contributed by atoms with Crippen LogP contribution in [-0.2, 0) is 13.2 Å². The SMILES string of the molecule is NCc1ccc(Oc2ccccc2CO)nc1. The Morgan fingerprint density at radius 2 is 2.00 bits per heavy atom. The van der Waals surface area contributed by atoms with Crippen LogP contribution in [0.3, 0.4) is 0 Å². The molecule has 0 saturated carbocycles. The number of pyridine rings is 1. The number of nitrogens with two attached hydrogens (primary N) is 1. The fourth-order valence-electron chi connectivity index (χ4n) is 1.44. The summed E-state index contributed by atoms with van der Waals surface area (Å²) in [5, 5.41) is 9.16. The first-order valence-corrected chi connectivity index (χ1v) is 5.35. The van der Waals surface area contributed by atoms with Crippen LogP contribution in [-0.4, -0.2) is 10.1 Å². The Bertz CT molecular complexity index is 483. The summed E-state index contributed by atoms with van der Waals surface area (Å²) in [6.07, 6.45) is 1.68. The Kier molecular flexibility index (Phi) is 3.69. The second-order valence-electron chi connectivity index (χ2n) is 3.58. The molecule has 0 saturated heterocycles. The van der Waals surface area contributed by atoms with E-state index in [0.29, 0.717) is 18.2 Å². The number of benzene rings is 1. The van der Waals surface area contributed by atoms with Gasteiger partial charge in [-0.3, -0.25) is 0 Å². The molecule has 1 aromatic heterocycles. The number of aliphatic hydroxyl groups is 1. The molecule has 0 aliphatic rings. The van der Waals surface area contributed by atoms with Crippen LogP contribution in [0.15, 0.2) is 42.6 Å². The summed E-state index contributed by atoms with van der Waals surface area (Å²) in [7, 11) is 0. The molecule has 0 radical (unpaired) electrons. The van der Waals surface area contributed by atoms with Crippen molar-refractivity contribution in [3.63, 3.8) is 0 Å². The minimum absolute atomic E-state index is 0.0585. The Balaban J connectivity index is 2.19. The first kappa shape index (κ1) is 11.6. The largest absolute Gasteiger partial charge is 0.439 e. The van der Waals surface area contributed by atoms with E-state index in [0.717, 1.165) is 11.1 Å². The molecule has 0 amide bonds. The molecule has 2 aromatic rings. The third-order valence-corrected chi connectivity index (χ3v) is 2.39. The monoisotopic (exact) mass is 230 g/mol. The lowest BCUT2D eigenvalue weighted by Gasteiger charge is -2.08. The van der Waals surface area contributed by atoms with E-state index in [2.05, 4.69) is 4.98 Å². The fraction of sp³-hybridized carbons (Fsp3) is 0.154. The molecule has 4 nitrogen and oxygen atoms in total. The quantitative estimate of drug-likeness (QED) is 0.840. The number of aromatic nitrogens is 1. The number of hydrogen-bond donors (Lipinski definition) is 2. The maximum atomic E-state index is 9.16. The lowest BCUT2D eigenvalue weighted by atomic mass is 10.2. The van der Waals surface area contributed by atoms with Gasteiger partial charge in [0.1, 0.15) is 5.75 Å². The Hall–Kier alpha value is -1.91. The van der Waals surface area contributed by atoms with Crippen LogP contribution in [0.1, 0.15) is 11.1 Å². The van der Waals surface area contributed by atoms with E-state index in [4.69, 9.17) is 15.6 Å². The first-order chi connectivity index (χ1) is 8.33. The molecule has 2 rings (SSSR count). The summed E-state index contributed by atoms with van der Waals surface area (Å²) >= 11 is 0. The van der Waals surface area contributed by atoms with Crippen molar-refractivity contribution in [1.82, 2.24) is 4.98 Å². The lowest BCUT2D eigenvalue weighted by molar-refractivity contribution is 0.276. The van der Waals surface area contributed by atoms with Crippen molar-refractivity contribution in [3.8, 4) is 11.6 Å². The van der Waals surface area contributed by atoms with Gasteiger partial charge < -0.3 is 15.6 Å². The predicted octanol–water partition coefficient (Wildman–Crippen LogP) is 1.82. The van der Waals surface area contributed by atoms with Crippen molar-refractivity contribution in [3.05, 3.63) is 53.7 Å². The second-order valence-corrected chi connectivity index (χ2v) is 3.58. The summed E-state index contributed by atoms with van der Waals surface area (Å²) in [4.78, 5) is 4.14. The van der Waals surface area contributed by atoms with Crippen LogP contribution < -0.4 is 10.5 Å². The normalized spacial score (nSPS) is 10.2. The van der Waals surface area contributed by atoms with Crippen LogP contribution >= 0.6 is 0 Å². The molecule has 0 spiro atoms. The molecule has 17 heavy (non-hydrogen) atoms. The fourth-order valence-corrected chi connectivity index (χ4v) is 1.44. The Morgan fingerprint density at radius 1 is 1.18 bits per heavy atom. The molecule has 0 aliphatic heterocycles. The van der Waals surface area contributed by atoms with Gasteiger partial charge in [-0.05, 0) is 11.6 Å². The van der Waals surface area contributed by atoms with Crippen LogP contribution in [0.5, 0.6) is 11.6 Å². The number of rotatable bonds is 4. The number of ether oxygens (including phenoxy) is 1. The van der Waals surface area contributed by atoms with Gasteiger partial charge >= 0.3 is 0 Å². The summed E-state index contributed by atoms with van der Waals surface area (Å²) in [6, 6.07) is 10.9. The molecule has 1 heterocycles. The first-order valence-electron chi connectivity index (χ1n) is 5.35. The minimum Gasteiger partial charge on any atom is -0.439 e. The van der Waals surface area contributed by atoms with Crippen molar-refractivity contribution in [2.75, 3.05) is 0 Å². The molecule has 1 aromatic carbocycles. The molecule has 0 unspecified atom stereocenters. The second kappa shape index (κ2) is 5.43. The van der Waals surface area contributed by atoms with E-state index in [1.54, 1.807) is 18.3 Å². The van der Waals surface area contributed by atoms with Crippen LogP contribution in [0.2, 0.25) is 0 Å². The zero-order chi connectivity index (χ0) is 12.1. The molecule has 0 atom stereocenters. The molecule has 0 aliphatic carbocycles. The molecular weight excluding hydrogens is 216 g/mol. The zero-order valence-electron chi connectivity index (χ0n) is 9.34. The molecular formula is C13H14N2O2. The highest BCUT2D eigenvalue weighted by Gasteiger charge is 2.03. The van der Waals surface area contributed by atoms with Crippen LogP contribution in [0, 0.1) is 0 Å². The van der Waals surface area contributed by atoms with E-state index in [-0.39, 0.29) is 6.61 Å². The minimum atomic E-state index is -0.0585. The van der Waals surface area contributed by atoms with Gasteiger partial charge in [0.05, 0.1) is 6.61 Å². The van der Waals surface area contributed by atoms with Crippen LogP contribution in [0.4, 0.5) is 0 Å². The third-order valence-electron chi connectivity index (χ3n) is 2.39. The highest BCUT2D eigenvalue weighted by Crippen LogP contribution is 2.23. The van der Waals surface area contributed by atoms with Crippen molar-refractivity contribution >= 4 is 0 Å². The third kappa shape index (κ3) is 2.81. The highest BCUT2D eigenvalue weighted by atomic mass is 16.5. The van der Waals surface area contributed by atoms with Crippen molar-refractivity contribution in [2.45, 2.75) is 13.2 Å². The van der Waals surface area contributed by atoms with Crippen molar-refractivity contribution in [1.29, 1.82) is 0 Å². The van der Waals surface area contributed by atoms with Gasteiger partial charge in [-0.15, -0.1) is 0 Å². The lowest BCUT2D eigenvalue weighted by Crippen LogP contribution is -1.98. The van der Waals surface area contributed by atoms with Gasteiger partial charge in [-0.2, -0.15) is 0 Å². The van der Waals surface area contributed by atoms with E-state index < -0.39 is 0 Å². The van der Waals surface area contributed by atoms with Gasteiger partial charge in [0.15, 0.2) is 0 Å². The van der Waals surface area contributed by atoms with Crippen molar-refractivity contribution in [2.24, 2.45) is 5.73 Å². The average Bonchev–Trinajstić information content (AvgIpc) is 2.40. The zero-order valence-corrected chi connectivity index (χ0v) is 9.34. The Labute approximate surface area is 99.7 Å². The number of para-hydroxylation sites is 1. The van der Waals surface area contributed by atoms with Gasteiger partial charge in [0, 0.05) is 24.4 Å². The summed E-state index contributed by atoms with van der Waals surface area (Å²) in [6.45, 7) is 0.400. The average molecular weight is 230 g/mol. The van der Waals surface area contributed by atoms with Crippen LogP contribution in [0.25, 0.3) is 0 Å². The maximum absolute atomic E-state index is 9.16. The van der Waals surface area contributed by atoms with Crippen molar-refractivity contribution < 1.29 is 9.84 Å². The van der Waals surface area contributed by atoms with Gasteiger partial charge in [-0.1, -0.05) is 24.3 Å². The number of hydrogen-bond acceptors (Lipinski definition) is 4. The van der Waals surface area contributed by atoms with E-state index in [1.807, 2.05) is 24.3 Å². The van der Waals surface area contributed by atoms with Gasteiger partial charge in [-0.25, -0.2) is 4.98 Å². The number of nitrogens with zero attached hydrogens (tertiary/aromatic N) is 1. The highest BCUT2D eigenvalue weighted by molar-refractivity contribution is 5.35.